The van der Waals surface area contributed by atoms with Crippen LogP contribution in [-0.2, 0) is 11.2 Å². The zero-order valence-corrected chi connectivity index (χ0v) is 16.6. The second kappa shape index (κ2) is 8.18. The molecule has 0 saturated carbocycles. The van der Waals surface area contributed by atoms with Gasteiger partial charge in [-0.15, -0.1) is 0 Å². The smallest absolute Gasteiger partial charge is 0.248 e. The van der Waals surface area contributed by atoms with E-state index in [4.69, 9.17) is 4.74 Å². The number of hydrogen-bond donors (Lipinski definition) is 2. The molecule has 0 atom stereocenters. The highest BCUT2D eigenvalue weighted by atomic mass is 16.5. The van der Waals surface area contributed by atoms with E-state index >= 15 is 0 Å². The molecule has 2 aromatic carbocycles. The fourth-order valence-corrected chi connectivity index (χ4v) is 3.37. The number of amides is 1. The van der Waals surface area contributed by atoms with E-state index < -0.39 is 0 Å². The summed E-state index contributed by atoms with van der Waals surface area (Å²) in [6.45, 7) is 8.95. The Bertz CT molecular complexity index is 953. The first-order chi connectivity index (χ1) is 13.5. The van der Waals surface area contributed by atoms with Crippen molar-refractivity contribution in [2.24, 2.45) is 0 Å². The minimum Gasteiger partial charge on any atom is -0.492 e. The number of nitriles is 1. The Morgan fingerprint density at radius 1 is 1.32 bits per heavy atom. The van der Waals surface area contributed by atoms with Crippen LogP contribution in [0.1, 0.15) is 36.5 Å². The SMILES string of the molecule is C=C(CNc1cc(-c2ccc(C(C)C)cc2)c2c(c1C#N)CCO2)C(=O)NC. The Morgan fingerprint density at radius 3 is 2.64 bits per heavy atom. The van der Waals surface area contributed by atoms with Crippen LogP contribution < -0.4 is 15.4 Å². The second-order valence-corrected chi connectivity index (χ2v) is 7.18. The van der Waals surface area contributed by atoms with Gasteiger partial charge < -0.3 is 15.4 Å². The number of benzene rings is 2. The van der Waals surface area contributed by atoms with Crippen LogP contribution in [-0.4, -0.2) is 26.1 Å². The van der Waals surface area contributed by atoms with E-state index in [0.29, 0.717) is 35.8 Å². The van der Waals surface area contributed by atoms with Crippen LogP contribution >= 0.6 is 0 Å². The van der Waals surface area contributed by atoms with E-state index in [1.54, 1.807) is 7.05 Å². The average molecular weight is 375 g/mol. The molecule has 0 radical (unpaired) electrons. The molecule has 0 aliphatic carbocycles. The highest BCUT2D eigenvalue weighted by Crippen LogP contribution is 2.42. The third-order valence-electron chi connectivity index (χ3n) is 5.02. The maximum absolute atomic E-state index is 11.7. The lowest BCUT2D eigenvalue weighted by Gasteiger charge is -2.16. The molecule has 1 aliphatic rings. The Kier molecular flexibility index (Phi) is 5.70. The summed E-state index contributed by atoms with van der Waals surface area (Å²) in [6, 6.07) is 12.7. The van der Waals surface area contributed by atoms with Gasteiger partial charge in [0.25, 0.3) is 0 Å². The number of rotatable bonds is 6. The molecular formula is C23H25N3O2. The molecule has 0 unspecified atom stereocenters. The lowest BCUT2D eigenvalue weighted by Crippen LogP contribution is -2.23. The van der Waals surface area contributed by atoms with Crippen molar-refractivity contribution in [3.63, 3.8) is 0 Å². The van der Waals surface area contributed by atoms with Gasteiger partial charge >= 0.3 is 0 Å². The fourth-order valence-electron chi connectivity index (χ4n) is 3.37. The van der Waals surface area contributed by atoms with Crippen LogP contribution in [0.2, 0.25) is 0 Å². The van der Waals surface area contributed by atoms with Gasteiger partial charge in [-0.05, 0) is 23.1 Å². The van der Waals surface area contributed by atoms with E-state index in [9.17, 15) is 10.1 Å². The summed E-state index contributed by atoms with van der Waals surface area (Å²) in [5.41, 5.74) is 5.86. The molecule has 1 heterocycles. The standard InChI is InChI=1S/C23H25N3O2/c1-14(2)16-5-7-17(8-6-16)19-11-21(26-13-15(3)23(27)25-4)20(12-24)18-9-10-28-22(18)19/h5-8,11,14,26H,3,9-10,13H2,1-2,4H3,(H,25,27). The van der Waals surface area contributed by atoms with Crippen molar-refractivity contribution in [1.29, 1.82) is 5.26 Å². The average Bonchev–Trinajstić information content (AvgIpc) is 3.20. The summed E-state index contributed by atoms with van der Waals surface area (Å²) in [4.78, 5) is 11.7. The minimum atomic E-state index is -0.222. The van der Waals surface area contributed by atoms with Gasteiger partial charge in [0.05, 0.1) is 17.9 Å². The monoisotopic (exact) mass is 375 g/mol. The number of nitrogens with zero attached hydrogens (tertiary/aromatic N) is 1. The molecule has 0 bridgehead atoms. The van der Waals surface area contributed by atoms with Crippen molar-refractivity contribution < 1.29 is 9.53 Å². The third kappa shape index (κ3) is 3.72. The van der Waals surface area contributed by atoms with Crippen molar-refractivity contribution in [3.8, 4) is 22.9 Å². The van der Waals surface area contributed by atoms with Gasteiger partial charge in [-0.25, -0.2) is 0 Å². The first-order valence-electron chi connectivity index (χ1n) is 9.43. The molecule has 2 aromatic rings. The lowest BCUT2D eigenvalue weighted by atomic mass is 9.94. The minimum absolute atomic E-state index is 0.222. The maximum Gasteiger partial charge on any atom is 0.248 e. The van der Waals surface area contributed by atoms with Gasteiger partial charge in [0.1, 0.15) is 11.8 Å². The molecule has 1 amide bonds. The lowest BCUT2D eigenvalue weighted by molar-refractivity contribution is -0.116. The van der Waals surface area contributed by atoms with E-state index in [1.165, 1.54) is 5.56 Å². The van der Waals surface area contributed by atoms with Crippen LogP contribution in [0.15, 0.2) is 42.5 Å². The molecule has 0 saturated heterocycles. The molecule has 1 aliphatic heterocycles. The predicted molar refractivity (Wildman–Crippen MR) is 112 cm³/mol. The molecule has 0 fully saturated rings. The van der Waals surface area contributed by atoms with Gasteiger partial charge in [-0.1, -0.05) is 44.7 Å². The summed E-state index contributed by atoms with van der Waals surface area (Å²) in [6.07, 6.45) is 0.696. The summed E-state index contributed by atoms with van der Waals surface area (Å²) in [5, 5.41) is 15.5. The fraction of sp³-hybridized carbons (Fsp3) is 0.304. The number of likely N-dealkylation sites (N-methyl/N-ethyl adjacent to an activating group) is 1. The molecule has 28 heavy (non-hydrogen) atoms. The number of nitrogens with one attached hydrogen (secondary N) is 2. The molecule has 0 spiro atoms. The second-order valence-electron chi connectivity index (χ2n) is 7.18. The van der Waals surface area contributed by atoms with Crippen LogP contribution in [0.4, 0.5) is 5.69 Å². The number of ether oxygens (including phenoxy) is 1. The summed E-state index contributed by atoms with van der Waals surface area (Å²) < 4.78 is 5.88. The zero-order chi connectivity index (χ0) is 20.3. The summed E-state index contributed by atoms with van der Waals surface area (Å²) in [5.74, 6) is 1.02. The predicted octanol–water partition coefficient (Wildman–Crippen LogP) is 4.00. The van der Waals surface area contributed by atoms with Gasteiger partial charge in [0.15, 0.2) is 0 Å². The van der Waals surface area contributed by atoms with Crippen LogP contribution in [0.25, 0.3) is 11.1 Å². The maximum atomic E-state index is 11.7. The molecule has 0 aromatic heterocycles. The summed E-state index contributed by atoms with van der Waals surface area (Å²) >= 11 is 0. The topological polar surface area (TPSA) is 74.1 Å². The Hall–Kier alpha value is -3.26. The van der Waals surface area contributed by atoms with E-state index in [2.05, 4.69) is 61.4 Å². The van der Waals surface area contributed by atoms with Gasteiger partial charge in [0.2, 0.25) is 5.91 Å². The highest BCUT2D eigenvalue weighted by molar-refractivity contribution is 5.93. The number of carbonyl (C=O) groups excluding carboxylic acids is 1. The molecule has 5 heteroatoms. The van der Waals surface area contributed by atoms with E-state index in [-0.39, 0.29) is 12.5 Å². The zero-order valence-electron chi connectivity index (χ0n) is 16.6. The van der Waals surface area contributed by atoms with Gasteiger partial charge in [0, 0.05) is 36.7 Å². The van der Waals surface area contributed by atoms with Crippen LogP contribution in [0, 0.1) is 11.3 Å². The van der Waals surface area contributed by atoms with Crippen LogP contribution in [0.3, 0.4) is 0 Å². The quantitative estimate of drug-likeness (QED) is 0.749. The molecule has 3 rings (SSSR count). The largest absolute Gasteiger partial charge is 0.492 e. The molecular weight excluding hydrogens is 350 g/mol. The Morgan fingerprint density at radius 2 is 2.04 bits per heavy atom. The number of anilines is 1. The van der Waals surface area contributed by atoms with Crippen molar-refractivity contribution in [2.45, 2.75) is 26.2 Å². The number of carbonyl (C=O) groups is 1. The highest BCUT2D eigenvalue weighted by Gasteiger charge is 2.24. The Labute approximate surface area is 166 Å². The molecule has 2 N–H and O–H groups in total. The van der Waals surface area contributed by atoms with Crippen molar-refractivity contribution >= 4 is 11.6 Å². The van der Waals surface area contributed by atoms with Crippen molar-refractivity contribution in [1.82, 2.24) is 5.32 Å². The molecule has 5 nitrogen and oxygen atoms in total. The van der Waals surface area contributed by atoms with E-state index in [1.807, 2.05) is 6.07 Å². The van der Waals surface area contributed by atoms with Gasteiger partial charge in [-0.2, -0.15) is 5.26 Å². The number of hydrogen-bond acceptors (Lipinski definition) is 4. The Balaban J connectivity index is 2.01. The molecule has 144 valence electrons. The summed E-state index contributed by atoms with van der Waals surface area (Å²) in [7, 11) is 1.57. The van der Waals surface area contributed by atoms with Crippen LogP contribution in [0.5, 0.6) is 5.75 Å². The number of fused-ring (bicyclic) bond motifs is 1. The first-order valence-corrected chi connectivity index (χ1v) is 9.43. The van der Waals surface area contributed by atoms with Gasteiger partial charge in [-0.3, -0.25) is 4.79 Å². The van der Waals surface area contributed by atoms with Crippen molar-refractivity contribution in [2.75, 3.05) is 25.5 Å². The normalized spacial score (nSPS) is 12.1. The first kappa shape index (κ1) is 19.5. The van der Waals surface area contributed by atoms with E-state index in [0.717, 1.165) is 22.4 Å². The third-order valence-corrected chi connectivity index (χ3v) is 5.02. The van der Waals surface area contributed by atoms with Crippen molar-refractivity contribution in [3.05, 3.63) is 59.2 Å².